The Morgan fingerprint density at radius 1 is 1.09 bits per heavy atom. The molecule has 1 aromatic carbocycles. The van der Waals surface area contributed by atoms with Crippen molar-refractivity contribution in [2.24, 2.45) is 23.5 Å². The van der Waals surface area contributed by atoms with Crippen molar-refractivity contribution >= 4 is 11.7 Å². The molecule has 3 N–H and O–H groups in total. The van der Waals surface area contributed by atoms with E-state index in [9.17, 15) is 9.59 Å². The molecule has 0 aromatic heterocycles. The first-order chi connectivity index (χ1) is 21.4. The van der Waals surface area contributed by atoms with Crippen LogP contribution in [0.4, 0.5) is 4.39 Å². The zero-order valence-electron chi connectivity index (χ0n) is 26.0. The number of nitrogens with one attached hydrogen (secondary N) is 1. The lowest BCUT2D eigenvalue weighted by Crippen LogP contribution is -2.73. The Morgan fingerprint density at radius 2 is 1.89 bits per heavy atom. The van der Waals surface area contributed by atoms with Crippen LogP contribution in [0.25, 0.3) is 0 Å². The number of likely N-dealkylation sites (tertiary alicyclic amines) is 1. The third-order valence-electron chi connectivity index (χ3n) is 11.5. The van der Waals surface area contributed by atoms with Crippen molar-refractivity contribution in [1.29, 1.82) is 0 Å². The van der Waals surface area contributed by atoms with Gasteiger partial charge in [0, 0.05) is 37.8 Å². The number of methoxy groups -OCH3 is 2. The number of nitrogens with zero attached hydrogens (tertiary/aromatic N) is 2. The van der Waals surface area contributed by atoms with Gasteiger partial charge in [-0.15, -0.1) is 0 Å². The number of rotatable bonds is 7. The van der Waals surface area contributed by atoms with E-state index in [2.05, 4.69) is 15.1 Å². The normalized spacial score (nSPS) is 38.2. The Labute approximate surface area is 259 Å². The zero-order chi connectivity index (χ0) is 30.5. The number of halogens is 1. The third-order valence-corrected chi connectivity index (χ3v) is 11.5. The second kappa shape index (κ2) is 12.2. The van der Waals surface area contributed by atoms with Gasteiger partial charge in [0.25, 0.3) is 5.91 Å². The third kappa shape index (κ3) is 5.20. The number of morpholine rings is 1. The van der Waals surface area contributed by atoms with Crippen LogP contribution < -0.4 is 20.5 Å². The number of alkyl halides is 1. The molecule has 0 spiro atoms. The molecule has 7 rings (SSSR count). The summed E-state index contributed by atoms with van der Waals surface area (Å²) in [4.78, 5) is 32.1. The monoisotopic (exact) mass is 610 g/mol. The Bertz CT molecular complexity index is 1290. The molecule has 9 nitrogen and oxygen atoms in total. The highest BCUT2D eigenvalue weighted by atomic mass is 19.1. The van der Waals surface area contributed by atoms with Gasteiger partial charge in [-0.3, -0.25) is 14.5 Å². The second-order valence-electron chi connectivity index (χ2n) is 13.9. The summed E-state index contributed by atoms with van der Waals surface area (Å²) >= 11 is 0. The molecule has 1 aromatic rings. The Hall–Kier alpha value is -2.69. The first-order valence-corrected chi connectivity index (χ1v) is 16.7. The molecule has 10 atom stereocenters. The molecule has 6 aliphatic rings. The number of nitrogens with two attached hydrogens (primary N) is 1. The molecule has 0 radical (unpaired) electrons. The fourth-order valence-corrected chi connectivity index (χ4v) is 9.51. The number of carbonyl (C=O) groups is 2. The first-order valence-electron chi connectivity index (χ1n) is 16.7. The number of ketones is 1. The van der Waals surface area contributed by atoms with Gasteiger partial charge in [0.15, 0.2) is 17.3 Å². The van der Waals surface area contributed by atoms with Crippen molar-refractivity contribution in [3.8, 4) is 11.5 Å². The molecule has 0 bridgehead atoms. The van der Waals surface area contributed by atoms with Crippen LogP contribution in [0.15, 0.2) is 30.0 Å². The molecule has 1 amide bonds. The smallest absolute Gasteiger partial charge is 0.256 e. The van der Waals surface area contributed by atoms with Gasteiger partial charge < -0.3 is 30.2 Å². The number of ether oxygens (including phenoxy) is 3. The minimum atomic E-state index is -1.22. The minimum Gasteiger partial charge on any atom is -0.493 e. The summed E-state index contributed by atoms with van der Waals surface area (Å²) in [5.41, 5.74) is 7.31. The summed E-state index contributed by atoms with van der Waals surface area (Å²) in [6, 6.07) is 5.08. The molecule has 44 heavy (non-hydrogen) atoms. The summed E-state index contributed by atoms with van der Waals surface area (Å²) in [6.07, 6.45) is 8.54. The molecule has 3 saturated carbocycles. The lowest BCUT2D eigenvalue weighted by molar-refractivity contribution is -0.219. The van der Waals surface area contributed by atoms with Gasteiger partial charge in [0.05, 0.1) is 50.1 Å². The van der Waals surface area contributed by atoms with Crippen LogP contribution in [0.1, 0.15) is 56.9 Å². The molecule has 3 aliphatic heterocycles. The lowest BCUT2D eigenvalue weighted by atomic mass is 9.64. The molecule has 3 aliphatic carbocycles. The Kier molecular flexibility index (Phi) is 8.35. The average Bonchev–Trinajstić information content (AvgIpc) is 3.46. The van der Waals surface area contributed by atoms with Gasteiger partial charge in [-0.2, -0.15) is 0 Å². The van der Waals surface area contributed by atoms with E-state index in [1.807, 2.05) is 24.4 Å². The quantitative estimate of drug-likeness (QED) is 0.454. The van der Waals surface area contributed by atoms with E-state index in [0.29, 0.717) is 42.8 Å². The van der Waals surface area contributed by atoms with Crippen molar-refractivity contribution in [2.45, 2.75) is 100 Å². The summed E-state index contributed by atoms with van der Waals surface area (Å²) in [5.74, 6) is 1.25. The van der Waals surface area contributed by atoms with Crippen LogP contribution in [0.5, 0.6) is 11.5 Å². The Morgan fingerprint density at radius 3 is 2.61 bits per heavy atom. The number of benzene rings is 1. The number of para-hydroxylation sites is 1. The van der Waals surface area contributed by atoms with E-state index in [0.717, 1.165) is 31.4 Å². The number of carbonyl (C=O) groups excluding carboxylic acids is 2. The maximum Gasteiger partial charge on any atom is 0.256 e. The first kappa shape index (κ1) is 30.0. The van der Waals surface area contributed by atoms with E-state index >= 15 is 4.39 Å². The molecule has 10 unspecified atom stereocenters. The predicted octanol–water partition coefficient (Wildman–Crippen LogP) is 3.00. The van der Waals surface area contributed by atoms with Crippen LogP contribution in [-0.2, 0) is 20.7 Å². The van der Waals surface area contributed by atoms with Gasteiger partial charge in [-0.05, 0) is 55.6 Å². The highest BCUT2D eigenvalue weighted by Gasteiger charge is 2.60. The van der Waals surface area contributed by atoms with E-state index in [4.69, 9.17) is 19.9 Å². The van der Waals surface area contributed by atoms with Crippen LogP contribution >= 0.6 is 0 Å². The number of fused-ring (bicyclic) bond motifs is 3. The second-order valence-corrected chi connectivity index (χ2v) is 13.9. The van der Waals surface area contributed by atoms with Crippen molar-refractivity contribution in [3.05, 3.63) is 35.5 Å². The van der Waals surface area contributed by atoms with Gasteiger partial charge in [-0.1, -0.05) is 37.8 Å². The van der Waals surface area contributed by atoms with Crippen LogP contribution in [0.2, 0.25) is 0 Å². The predicted molar refractivity (Wildman–Crippen MR) is 163 cm³/mol. The van der Waals surface area contributed by atoms with E-state index in [1.165, 1.54) is 25.7 Å². The molecule has 240 valence electrons. The highest BCUT2D eigenvalue weighted by Crippen LogP contribution is 2.51. The molecular formula is C34H47FN4O5. The maximum atomic E-state index is 16.2. The van der Waals surface area contributed by atoms with Gasteiger partial charge in [0.1, 0.15) is 6.17 Å². The summed E-state index contributed by atoms with van der Waals surface area (Å²) in [6.45, 7) is 1.72. The highest BCUT2D eigenvalue weighted by molar-refractivity contribution is 6.20. The fraction of sp³-hybridized carbons (Fsp3) is 0.706. The number of hydrogen-bond donors (Lipinski definition) is 2. The molecular weight excluding hydrogens is 563 g/mol. The van der Waals surface area contributed by atoms with Crippen LogP contribution in [-0.4, -0.2) is 97.9 Å². The number of Topliss-reactive ketones (excluding diaryl/α,β-unsaturated/α-hetero) is 1. The SMILES string of the molecule is COc1cccc(CCNC(=O)C2=CN3C4CC5CCCCC5CC4OC4C(N5CCC(N)C5)C(F)CC(C2=O)C43)c1OC. The van der Waals surface area contributed by atoms with E-state index in [1.54, 1.807) is 14.2 Å². The van der Waals surface area contributed by atoms with Crippen molar-refractivity contribution < 1.29 is 28.2 Å². The molecule has 2 saturated heterocycles. The zero-order valence-corrected chi connectivity index (χ0v) is 26.0. The minimum absolute atomic E-state index is 0.0326. The fourth-order valence-electron chi connectivity index (χ4n) is 9.51. The van der Waals surface area contributed by atoms with Crippen molar-refractivity contribution in [3.63, 3.8) is 0 Å². The van der Waals surface area contributed by atoms with Crippen molar-refractivity contribution in [1.82, 2.24) is 15.1 Å². The Balaban J connectivity index is 1.16. The van der Waals surface area contributed by atoms with E-state index < -0.39 is 30.1 Å². The topological polar surface area (TPSA) is 106 Å². The molecule has 3 heterocycles. The van der Waals surface area contributed by atoms with E-state index in [-0.39, 0.29) is 42.0 Å². The standard InChI is InChI=1S/C34H47FN4O5/c1-42-27-9-5-8-19(32(27)43-2)10-12-37-34(41)24-18-39-26-14-20-6-3-4-7-21(20)15-28(26)44-33-29(39)23(31(24)40)16-25(35)30(33)38-13-11-22(36)17-38/h5,8-9,18,20-23,25-26,28-30,33H,3-4,6-7,10-17,36H2,1-2H3,(H,37,41). The van der Waals surface area contributed by atoms with Crippen LogP contribution in [0, 0.1) is 17.8 Å². The van der Waals surface area contributed by atoms with Gasteiger partial charge in [0.2, 0.25) is 0 Å². The summed E-state index contributed by atoms with van der Waals surface area (Å²) < 4.78 is 34.1. The molecule has 5 fully saturated rings. The summed E-state index contributed by atoms with van der Waals surface area (Å²) in [5, 5.41) is 2.98. The number of amides is 1. The largest absolute Gasteiger partial charge is 0.493 e. The van der Waals surface area contributed by atoms with Gasteiger partial charge in [-0.25, -0.2) is 4.39 Å². The summed E-state index contributed by atoms with van der Waals surface area (Å²) in [7, 11) is 3.19. The molecule has 10 heteroatoms. The maximum absolute atomic E-state index is 16.2. The van der Waals surface area contributed by atoms with Crippen LogP contribution in [0.3, 0.4) is 0 Å². The number of hydrogen-bond acceptors (Lipinski definition) is 8. The van der Waals surface area contributed by atoms with Crippen molar-refractivity contribution in [2.75, 3.05) is 33.9 Å². The average molecular weight is 611 g/mol. The van der Waals surface area contributed by atoms with Gasteiger partial charge >= 0.3 is 0 Å². The lowest BCUT2D eigenvalue weighted by Gasteiger charge is -2.61.